The molecule has 2 amide bonds. The Kier molecular flexibility index (Phi) is 4.51. The number of amides is 2. The minimum Gasteiger partial charge on any atom is -0.456 e. The normalized spacial score (nSPS) is 16.5. The van der Waals surface area contributed by atoms with Gasteiger partial charge < -0.3 is 14.6 Å². The van der Waals surface area contributed by atoms with Crippen LogP contribution in [0.5, 0.6) is 0 Å². The molecule has 150 valence electrons. The lowest BCUT2D eigenvalue weighted by molar-refractivity contribution is -0.122. The number of carbonyl (C=O) groups excluding carboxylic acids is 2. The van der Waals surface area contributed by atoms with Gasteiger partial charge in [0.25, 0.3) is 0 Å². The molecule has 2 heterocycles. The van der Waals surface area contributed by atoms with Gasteiger partial charge in [0.05, 0.1) is 5.92 Å². The summed E-state index contributed by atoms with van der Waals surface area (Å²) in [5.41, 5.74) is 4.25. The van der Waals surface area contributed by atoms with E-state index in [9.17, 15) is 9.59 Å². The molecule has 1 aromatic heterocycles. The standard InChI is InChI=1S/C25H22N2O3/c1-2-16-7-3-5-9-21(16)27-15-17(13-24(27)28)25(29)26-18-11-12-20-19-8-4-6-10-22(19)30-23(20)14-18/h3-12,14,17H,2,13,15H2,1H3,(H,26,29)/t17-/m0/s1. The quantitative estimate of drug-likeness (QED) is 0.518. The van der Waals surface area contributed by atoms with Crippen molar-refractivity contribution >= 4 is 45.1 Å². The van der Waals surface area contributed by atoms with Gasteiger partial charge >= 0.3 is 0 Å². The summed E-state index contributed by atoms with van der Waals surface area (Å²) >= 11 is 0. The zero-order valence-electron chi connectivity index (χ0n) is 16.7. The van der Waals surface area contributed by atoms with Crippen LogP contribution in [0.1, 0.15) is 18.9 Å². The third kappa shape index (κ3) is 3.12. The number of aryl methyl sites for hydroxylation is 1. The highest BCUT2D eigenvalue weighted by Crippen LogP contribution is 2.32. The molecule has 0 unspecified atom stereocenters. The first-order chi connectivity index (χ1) is 14.6. The molecule has 30 heavy (non-hydrogen) atoms. The first-order valence-electron chi connectivity index (χ1n) is 10.2. The summed E-state index contributed by atoms with van der Waals surface area (Å²) in [5, 5.41) is 5.03. The predicted octanol–water partition coefficient (Wildman–Crippen LogP) is 5.14. The Hall–Kier alpha value is -3.60. The summed E-state index contributed by atoms with van der Waals surface area (Å²) in [5.74, 6) is -0.534. The van der Waals surface area contributed by atoms with E-state index in [1.807, 2.05) is 66.7 Å². The van der Waals surface area contributed by atoms with Crippen LogP contribution in [-0.4, -0.2) is 18.4 Å². The zero-order valence-corrected chi connectivity index (χ0v) is 16.7. The molecule has 3 aromatic carbocycles. The van der Waals surface area contributed by atoms with Gasteiger partial charge in [-0.15, -0.1) is 0 Å². The maximum absolute atomic E-state index is 12.9. The second-order valence-electron chi connectivity index (χ2n) is 7.69. The number of benzene rings is 3. The Morgan fingerprint density at radius 2 is 1.80 bits per heavy atom. The van der Waals surface area contributed by atoms with Crippen molar-refractivity contribution in [2.75, 3.05) is 16.8 Å². The largest absolute Gasteiger partial charge is 0.456 e. The van der Waals surface area contributed by atoms with Gasteiger partial charge in [-0.3, -0.25) is 9.59 Å². The SMILES string of the molecule is CCc1ccccc1N1C[C@@H](C(=O)Nc2ccc3c(c2)oc2ccccc23)CC1=O. The molecule has 0 spiro atoms. The Bertz CT molecular complexity index is 1270. The summed E-state index contributed by atoms with van der Waals surface area (Å²) in [6.07, 6.45) is 1.06. The third-order valence-corrected chi connectivity index (χ3v) is 5.81. The number of para-hydroxylation sites is 2. The number of hydrogen-bond acceptors (Lipinski definition) is 3. The molecule has 1 fully saturated rings. The number of nitrogens with one attached hydrogen (secondary N) is 1. The number of hydrogen-bond donors (Lipinski definition) is 1. The molecular formula is C25H22N2O3. The van der Waals surface area contributed by atoms with Crippen molar-refractivity contribution in [3.8, 4) is 0 Å². The van der Waals surface area contributed by atoms with Crippen molar-refractivity contribution in [1.82, 2.24) is 0 Å². The summed E-state index contributed by atoms with van der Waals surface area (Å²) in [7, 11) is 0. The molecule has 5 heteroatoms. The Labute approximate surface area is 174 Å². The maximum Gasteiger partial charge on any atom is 0.229 e. The second kappa shape index (κ2) is 7.34. The molecule has 1 aliphatic rings. The van der Waals surface area contributed by atoms with E-state index in [4.69, 9.17) is 4.42 Å². The highest BCUT2D eigenvalue weighted by Gasteiger charge is 2.35. The van der Waals surface area contributed by atoms with Crippen LogP contribution in [0.2, 0.25) is 0 Å². The molecule has 5 nitrogen and oxygen atoms in total. The van der Waals surface area contributed by atoms with E-state index in [2.05, 4.69) is 12.2 Å². The maximum atomic E-state index is 12.9. The van der Waals surface area contributed by atoms with Gasteiger partial charge in [0.2, 0.25) is 11.8 Å². The van der Waals surface area contributed by atoms with E-state index >= 15 is 0 Å². The predicted molar refractivity (Wildman–Crippen MR) is 119 cm³/mol. The molecular weight excluding hydrogens is 376 g/mol. The van der Waals surface area contributed by atoms with Crippen LogP contribution in [-0.2, 0) is 16.0 Å². The Balaban J connectivity index is 1.35. The van der Waals surface area contributed by atoms with Gasteiger partial charge in [-0.2, -0.15) is 0 Å². The first kappa shape index (κ1) is 18.4. The molecule has 0 radical (unpaired) electrons. The fraction of sp³-hybridized carbons (Fsp3) is 0.200. The molecule has 4 aromatic rings. The van der Waals surface area contributed by atoms with Crippen molar-refractivity contribution in [1.29, 1.82) is 0 Å². The zero-order chi connectivity index (χ0) is 20.7. The van der Waals surface area contributed by atoms with E-state index in [1.165, 1.54) is 0 Å². The Morgan fingerprint density at radius 1 is 1.03 bits per heavy atom. The summed E-state index contributed by atoms with van der Waals surface area (Å²) in [6.45, 7) is 2.46. The summed E-state index contributed by atoms with van der Waals surface area (Å²) in [4.78, 5) is 27.2. The highest BCUT2D eigenvalue weighted by atomic mass is 16.3. The van der Waals surface area contributed by atoms with Crippen molar-refractivity contribution in [3.05, 3.63) is 72.3 Å². The topological polar surface area (TPSA) is 62.6 Å². The molecule has 1 N–H and O–H groups in total. The average molecular weight is 398 g/mol. The van der Waals surface area contributed by atoms with E-state index in [0.29, 0.717) is 12.2 Å². The van der Waals surface area contributed by atoms with Crippen molar-refractivity contribution in [2.24, 2.45) is 5.92 Å². The molecule has 1 aliphatic heterocycles. The van der Waals surface area contributed by atoms with Gasteiger partial charge in [0.15, 0.2) is 0 Å². The number of furan rings is 1. The number of rotatable bonds is 4. The lowest BCUT2D eigenvalue weighted by Gasteiger charge is -2.20. The molecule has 5 rings (SSSR count). The van der Waals surface area contributed by atoms with E-state index in [1.54, 1.807) is 4.90 Å². The van der Waals surface area contributed by atoms with Crippen LogP contribution in [0.25, 0.3) is 21.9 Å². The Morgan fingerprint density at radius 3 is 2.67 bits per heavy atom. The van der Waals surface area contributed by atoms with Gasteiger partial charge in [-0.05, 0) is 36.2 Å². The lowest BCUT2D eigenvalue weighted by Crippen LogP contribution is -2.28. The minimum absolute atomic E-state index is 0.0104. The average Bonchev–Trinajstić information content (AvgIpc) is 3.33. The van der Waals surface area contributed by atoms with Crippen molar-refractivity contribution < 1.29 is 14.0 Å². The van der Waals surface area contributed by atoms with E-state index in [0.717, 1.165) is 39.6 Å². The van der Waals surface area contributed by atoms with E-state index < -0.39 is 0 Å². The van der Waals surface area contributed by atoms with Gasteiger partial charge in [-0.1, -0.05) is 43.3 Å². The molecule has 1 atom stereocenters. The van der Waals surface area contributed by atoms with Crippen molar-refractivity contribution in [2.45, 2.75) is 19.8 Å². The van der Waals surface area contributed by atoms with Gasteiger partial charge in [0, 0.05) is 41.2 Å². The summed E-state index contributed by atoms with van der Waals surface area (Å²) in [6, 6.07) is 21.4. The third-order valence-electron chi connectivity index (χ3n) is 5.81. The second-order valence-corrected chi connectivity index (χ2v) is 7.69. The smallest absolute Gasteiger partial charge is 0.229 e. The highest BCUT2D eigenvalue weighted by molar-refractivity contribution is 6.07. The first-order valence-corrected chi connectivity index (χ1v) is 10.2. The fourth-order valence-corrected chi connectivity index (χ4v) is 4.24. The van der Waals surface area contributed by atoms with Crippen molar-refractivity contribution in [3.63, 3.8) is 0 Å². The number of nitrogens with zero attached hydrogens (tertiary/aromatic N) is 1. The van der Waals surface area contributed by atoms with Crippen LogP contribution in [0.4, 0.5) is 11.4 Å². The van der Waals surface area contributed by atoms with Crippen LogP contribution in [0.3, 0.4) is 0 Å². The van der Waals surface area contributed by atoms with Crippen LogP contribution in [0.15, 0.2) is 71.1 Å². The van der Waals surface area contributed by atoms with Crippen LogP contribution in [0, 0.1) is 5.92 Å². The molecule has 0 aliphatic carbocycles. The summed E-state index contributed by atoms with van der Waals surface area (Å²) < 4.78 is 5.90. The monoisotopic (exact) mass is 398 g/mol. The molecule has 0 bridgehead atoms. The number of anilines is 2. The minimum atomic E-state index is -0.381. The molecule has 1 saturated heterocycles. The van der Waals surface area contributed by atoms with Crippen LogP contribution >= 0.6 is 0 Å². The molecule has 0 saturated carbocycles. The van der Waals surface area contributed by atoms with Gasteiger partial charge in [0.1, 0.15) is 11.2 Å². The van der Waals surface area contributed by atoms with Crippen LogP contribution < -0.4 is 10.2 Å². The number of fused-ring (bicyclic) bond motifs is 3. The lowest BCUT2D eigenvalue weighted by atomic mass is 10.1. The fourth-order valence-electron chi connectivity index (χ4n) is 4.24. The number of carbonyl (C=O) groups is 2. The van der Waals surface area contributed by atoms with E-state index in [-0.39, 0.29) is 24.2 Å². The van der Waals surface area contributed by atoms with Gasteiger partial charge in [-0.25, -0.2) is 0 Å².